The number of benzene rings is 2. The molecule has 0 aromatic heterocycles. The van der Waals surface area contributed by atoms with Gasteiger partial charge in [0.15, 0.2) is 10.2 Å². The Hall–Kier alpha value is -1.38. The molecule has 3 rings (SSSR count). The second-order valence-corrected chi connectivity index (χ2v) is 11.8. The van der Waals surface area contributed by atoms with Crippen LogP contribution in [0.4, 0.5) is 11.4 Å². The number of carbonyl (C=O) groups excluding carboxylic acids is 2. The molecule has 0 aliphatic heterocycles. The van der Waals surface area contributed by atoms with Gasteiger partial charge in [-0.05, 0) is 136 Å². The largest absolute Gasteiger partial charge is 0.332 e. The molecule has 1 aliphatic rings. The fraction of sp³-hybridized carbons (Fsp3) is 0.304. The number of anilines is 2. The summed E-state index contributed by atoms with van der Waals surface area (Å²) < 4.78 is 2.23. The van der Waals surface area contributed by atoms with E-state index in [2.05, 4.69) is 66.4 Å². The maximum absolute atomic E-state index is 12.8. The van der Waals surface area contributed by atoms with Crippen molar-refractivity contribution < 1.29 is 9.59 Å². The molecule has 0 bridgehead atoms. The summed E-state index contributed by atoms with van der Waals surface area (Å²) in [6, 6.07) is 15.4. The van der Waals surface area contributed by atoms with Gasteiger partial charge in [-0.3, -0.25) is 9.59 Å². The lowest BCUT2D eigenvalue weighted by Gasteiger charge is -2.51. The maximum atomic E-state index is 12.8. The first-order chi connectivity index (χ1) is 15.5. The molecule has 33 heavy (non-hydrogen) atoms. The van der Waals surface area contributed by atoms with Crippen LogP contribution in [-0.4, -0.2) is 22.0 Å². The molecule has 0 saturated heterocycles. The van der Waals surface area contributed by atoms with Gasteiger partial charge >= 0.3 is 0 Å². The molecule has 1 fully saturated rings. The van der Waals surface area contributed by atoms with Gasteiger partial charge in [0.05, 0.1) is 0 Å². The molecule has 2 aromatic carbocycles. The van der Waals surface area contributed by atoms with Gasteiger partial charge < -0.3 is 21.3 Å². The van der Waals surface area contributed by atoms with E-state index in [1.165, 1.54) is 0 Å². The molecule has 4 N–H and O–H groups in total. The highest BCUT2D eigenvalue weighted by atomic mass is 127. The van der Waals surface area contributed by atoms with E-state index in [1.54, 1.807) is 0 Å². The number of halogens is 2. The minimum Gasteiger partial charge on any atom is -0.332 e. The molecule has 6 nitrogen and oxygen atoms in total. The van der Waals surface area contributed by atoms with Crippen LogP contribution in [-0.2, 0) is 9.59 Å². The third-order valence-corrected chi connectivity index (χ3v) is 7.76. The van der Waals surface area contributed by atoms with Crippen LogP contribution in [0.1, 0.15) is 26.7 Å². The van der Waals surface area contributed by atoms with Crippen molar-refractivity contribution >= 4 is 103 Å². The maximum Gasteiger partial charge on any atom is 0.229 e. The van der Waals surface area contributed by atoms with E-state index in [0.29, 0.717) is 12.8 Å². The van der Waals surface area contributed by atoms with E-state index in [-0.39, 0.29) is 39.3 Å². The second-order valence-electron chi connectivity index (χ2n) is 8.47. The molecular formula is C23H24I2N4O2S2. The minimum atomic E-state index is -0.328. The van der Waals surface area contributed by atoms with Gasteiger partial charge in [-0.25, -0.2) is 0 Å². The van der Waals surface area contributed by atoms with Crippen molar-refractivity contribution in [3.8, 4) is 0 Å². The predicted octanol–water partition coefficient (Wildman–Crippen LogP) is 5.27. The Bertz CT molecular complexity index is 1060. The molecular weight excluding hydrogens is 682 g/mol. The highest BCUT2D eigenvalue weighted by Gasteiger charge is 2.52. The van der Waals surface area contributed by atoms with Crippen molar-refractivity contribution in [2.24, 2.45) is 17.3 Å². The van der Waals surface area contributed by atoms with Crippen LogP contribution in [0.15, 0.2) is 48.5 Å². The number of rotatable bonds is 5. The number of thiocarbonyl (C=S) groups is 2. The number of amides is 2. The highest BCUT2D eigenvalue weighted by molar-refractivity contribution is 14.1. The zero-order valence-corrected chi connectivity index (χ0v) is 24.0. The molecule has 10 heteroatoms. The summed E-state index contributed by atoms with van der Waals surface area (Å²) in [6.45, 7) is 4.02. The van der Waals surface area contributed by atoms with Gasteiger partial charge in [-0.2, -0.15) is 0 Å². The smallest absolute Gasteiger partial charge is 0.229 e. The first-order valence-electron chi connectivity index (χ1n) is 10.3. The van der Waals surface area contributed by atoms with E-state index in [0.717, 1.165) is 18.5 Å². The molecule has 2 atom stereocenters. The number of nitrogens with one attached hydrogen (secondary N) is 4. The Balaban J connectivity index is 1.45. The Kier molecular flexibility index (Phi) is 9.03. The van der Waals surface area contributed by atoms with E-state index in [9.17, 15) is 9.59 Å². The van der Waals surface area contributed by atoms with Gasteiger partial charge in [-0.15, -0.1) is 0 Å². The van der Waals surface area contributed by atoms with Gasteiger partial charge in [0, 0.05) is 30.9 Å². The van der Waals surface area contributed by atoms with Crippen molar-refractivity contribution in [3.05, 3.63) is 55.7 Å². The molecule has 0 heterocycles. The Morgan fingerprint density at radius 1 is 0.879 bits per heavy atom. The average molecular weight is 706 g/mol. The third kappa shape index (κ3) is 7.30. The van der Waals surface area contributed by atoms with Crippen LogP contribution in [0, 0.1) is 24.4 Å². The first kappa shape index (κ1) is 26.2. The second kappa shape index (κ2) is 11.4. The number of carbonyl (C=O) groups is 2. The summed E-state index contributed by atoms with van der Waals surface area (Å²) in [6.07, 6.45) is 0.923. The summed E-state index contributed by atoms with van der Waals surface area (Å²) in [5.41, 5.74) is 1.31. The molecule has 0 unspecified atom stereocenters. The molecule has 2 amide bonds. The van der Waals surface area contributed by atoms with Gasteiger partial charge in [0.2, 0.25) is 11.8 Å². The van der Waals surface area contributed by atoms with Crippen LogP contribution in [0.25, 0.3) is 0 Å². The average Bonchev–Trinajstić information content (AvgIpc) is 2.74. The van der Waals surface area contributed by atoms with E-state index in [4.69, 9.17) is 24.4 Å². The summed E-state index contributed by atoms with van der Waals surface area (Å²) in [5, 5.41) is 12.1. The van der Waals surface area contributed by atoms with E-state index < -0.39 is 0 Å². The monoisotopic (exact) mass is 706 g/mol. The van der Waals surface area contributed by atoms with Crippen molar-refractivity contribution in [1.82, 2.24) is 10.6 Å². The molecule has 1 aliphatic carbocycles. The fourth-order valence-corrected chi connectivity index (χ4v) is 4.97. The SMILES string of the molecule is CC1(C)[C@@H](CC(=O)NC(=S)Nc2ccc(I)cc2)C[C@@H]1C(=O)NC(=S)Nc1ccc(I)cc1. The van der Waals surface area contributed by atoms with Crippen molar-refractivity contribution in [2.45, 2.75) is 26.7 Å². The van der Waals surface area contributed by atoms with Crippen LogP contribution in [0.5, 0.6) is 0 Å². The van der Waals surface area contributed by atoms with Crippen LogP contribution < -0.4 is 21.3 Å². The normalized spacial score (nSPS) is 18.4. The van der Waals surface area contributed by atoms with Gasteiger partial charge in [0.25, 0.3) is 0 Å². The van der Waals surface area contributed by atoms with E-state index in [1.807, 2.05) is 62.4 Å². The lowest BCUT2D eigenvalue weighted by molar-refractivity contribution is -0.143. The topological polar surface area (TPSA) is 82.3 Å². The van der Waals surface area contributed by atoms with Gasteiger partial charge in [0.1, 0.15) is 0 Å². The molecule has 1 saturated carbocycles. The third-order valence-electron chi connectivity index (χ3n) is 5.91. The lowest BCUT2D eigenvalue weighted by Crippen LogP contribution is -2.55. The van der Waals surface area contributed by atoms with Crippen molar-refractivity contribution in [3.63, 3.8) is 0 Å². The summed E-state index contributed by atoms with van der Waals surface area (Å²) in [4.78, 5) is 25.3. The van der Waals surface area contributed by atoms with Gasteiger partial charge in [-0.1, -0.05) is 13.8 Å². The molecule has 0 spiro atoms. The van der Waals surface area contributed by atoms with Crippen LogP contribution in [0.3, 0.4) is 0 Å². The summed E-state index contributed by atoms with van der Waals surface area (Å²) in [5.74, 6) is -0.433. The van der Waals surface area contributed by atoms with E-state index >= 15 is 0 Å². The quantitative estimate of drug-likeness (QED) is 0.251. The number of hydrogen-bond acceptors (Lipinski definition) is 4. The van der Waals surface area contributed by atoms with Crippen LogP contribution >= 0.6 is 69.6 Å². The first-order valence-corrected chi connectivity index (χ1v) is 13.3. The highest BCUT2D eigenvalue weighted by Crippen LogP contribution is 2.52. The summed E-state index contributed by atoms with van der Waals surface area (Å²) >= 11 is 15.0. The van der Waals surface area contributed by atoms with Crippen molar-refractivity contribution in [2.75, 3.05) is 10.6 Å². The molecule has 0 radical (unpaired) electrons. The zero-order chi connectivity index (χ0) is 24.2. The Labute approximate surface area is 231 Å². The van der Waals surface area contributed by atoms with Crippen molar-refractivity contribution in [1.29, 1.82) is 0 Å². The van der Waals surface area contributed by atoms with Crippen LogP contribution in [0.2, 0.25) is 0 Å². The molecule has 2 aromatic rings. The zero-order valence-electron chi connectivity index (χ0n) is 18.1. The number of hydrogen-bond donors (Lipinski definition) is 4. The summed E-state index contributed by atoms with van der Waals surface area (Å²) in [7, 11) is 0. The Morgan fingerprint density at radius 2 is 1.33 bits per heavy atom. The minimum absolute atomic E-state index is 0.0760. The molecule has 174 valence electrons. The fourth-order valence-electron chi connectivity index (χ4n) is 3.80. The predicted molar refractivity (Wildman–Crippen MR) is 157 cm³/mol. The Morgan fingerprint density at radius 3 is 1.79 bits per heavy atom. The lowest BCUT2D eigenvalue weighted by atomic mass is 9.53. The standard InChI is InChI=1S/C23H24I2N4O2S2/c1-23(2)13(12-19(30)28-21(32)26-16-7-3-14(24)4-8-16)11-18(23)20(31)29-22(33)27-17-9-5-15(25)6-10-17/h3-10,13,18H,11-12H2,1-2H3,(H2,26,28,30,32)(H2,27,29,31,33)/t13-,18-/m1/s1.